The largest absolute Gasteiger partial charge is 0.340 e. The average molecular weight is 320 g/mol. The molecule has 2 heterocycles. The van der Waals surface area contributed by atoms with Crippen molar-refractivity contribution in [2.75, 3.05) is 0 Å². The molecule has 1 atom stereocenters. The molecule has 0 radical (unpaired) electrons. The van der Waals surface area contributed by atoms with Gasteiger partial charge >= 0.3 is 0 Å². The fourth-order valence-corrected chi connectivity index (χ4v) is 2.28. The van der Waals surface area contributed by atoms with E-state index in [-0.39, 0.29) is 5.91 Å². The summed E-state index contributed by atoms with van der Waals surface area (Å²) in [6.07, 6.45) is 5.08. The van der Waals surface area contributed by atoms with Crippen LogP contribution in [0.25, 0.3) is 11.4 Å². The number of hydrogen-bond donors (Lipinski definition) is 1. The number of hydrogen-bond acceptors (Lipinski definition) is 5. The molecule has 24 heavy (non-hydrogen) atoms. The predicted molar refractivity (Wildman–Crippen MR) is 88.8 cm³/mol. The van der Waals surface area contributed by atoms with Crippen LogP contribution < -0.4 is 5.32 Å². The Labute approximate surface area is 139 Å². The first-order valence-electron chi connectivity index (χ1n) is 7.47. The quantitative estimate of drug-likeness (QED) is 0.706. The minimum atomic E-state index is -0.430. The monoisotopic (exact) mass is 320 g/mol. The van der Waals surface area contributed by atoms with Gasteiger partial charge in [-0.25, -0.2) is 0 Å². The summed E-state index contributed by atoms with van der Waals surface area (Å²) in [5.41, 5.74) is 1.85. The second kappa shape index (κ2) is 7.32. The molecule has 1 amide bonds. The third kappa shape index (κ3) is 3.73. The van der Waals surface area contributed by atoms with Crippen molar-refractivity contribution in [3.8, 4) is 11.4 Å². The van der Waals surface area contributed by atoms with E-state index >= 15 is 0 Å². The van der Waals surface area contributed by atoms with Crippen molar-refractivity contribution in [3.63, 3.8) is 0 Å². The molecule has 0 aliphatic rings. The minimum absolute atomic E-state index is 0.292. The molecule has 0 fully saturated rings. The third-order valence-corrected chi connectivity index (χ3v) is 3.46. The predicted octanol–water partition coefficient (Wildman–Crippen LogP) is 2.72. The summed E-state index contributed by atoms with van der Waals surface area (Å²) in [5.74, 6) is 0.513. The van der Waals surface area contributed by atoms with E-state index in [1.165, 1.54) is 6.08 Å². The second-order valence-electron chi connectivity index (χ2n) is 5.15. The van der Waals surface area contributed by atoms with E-state index in [2.05, 4.69) is 27.0 Å². The van der Waals surface area contributed by atoms with Gasteiger partial charge < -0.3 is 9.84 Å². The van der Waals surface area contributed by atoms with Crippen molar-refractivity contribution in [1.29, 1.82) is 0 Å². The van der Waals surface area contributed by atoms with Crippen molar-refractivity contribution in [1.82, 2.24) is 20.4 Å². The Bertz CT molecular complexity index is 815. The molecule has 0 aliphatic carbocycles. The van der Waals surface area contributed by atoms with Gasteiger partial charge in [0.25, 0.3) is 0 Å². The van der Waals surface area contributed by atoms with Crippen molar-refractivity contribution < 1.29 is 9.32 Å². The van der Waals surface area contributed by atoms with Gasteiger partial charge in [0.2, 0.25) is 17.6 Å². The van der Waals surface area contributed by atoms with Crippen LogP contribution in [0.4, 0.5) is 0 Å². The highest BCUT2D eigenvalue weighted by Crippen LogP contribution is 2.21. The molecule has 2 aromatic heterocycles. The summed E-state index contributed by atoms with van der Waals surface area (Å²) in [6, 6.07) is 12.9. The SMILES string of the molecule is C=CC(=O)NC(Cc1ccccc1)c1nc(-c2ccncc2)no1. The number of carbonyl (C=O) groups excluding carboxylic acids is 1. The maximum atomic E-state index is 11.7. The molecule has 6 heteroatoms. The summed E-state index contributed by atoms with van der Waals surface area (Å²) in [7, 11) is 0. The Hall–Kier alpha value is -3.28. The zero-order valence-electron chi connectivity index (χ0n) is 12.9. The van der Waals surface area contributed by atoms with E-state index in [1.54, 1.807) is 24.5 Å². The number of benzene rings is 1. The Morgan fingerprint density at radius 1 is 1.21 bits per heavy atom. The molecule has 1 aromatic carbocycles. The lowest BCUT2D eigenvalue weighted by atomic mass is 10.1. The van der Waals surface area contributed by atoms with E-state index in [0.29, 0.717) is 18.1 Å². The fraction of sp³-hybridized carbons (Fsp3) is 0.111. The molecule has 1 N–H and O–H groups in total. The summed E-state index contributed by atoms with van der Waals surface area (Å²) in [6.45, 7) is 3.48. The van der Waals surface area contributed by atoms with Gasteiger partial charge in [-0.3, -0.25) is 9.78 Å². The van der Waals surface area contributed by atoms with Crippen LogP contribution >= 0.6 is 0 Å². The normalized spacial score (nSPS) is 11.7. The number of amides is 1. The van der Waals surface area contributed by atoms with Gasteiger partial charge in [-0.05, 0) is 23.8 Å². The van der Waals surface area contributed by atoms with Gasteiger partial charge in [-0.15, -0.1) is 0 Å². The van der Waals surface area contributed by atoms with Crippen LogP contribution in [0.2, 0.25) is 0 Å². The molecule has 0 aliphatic heterocycles. The molecule has 1 unspecified atom stereocenters. The number of aromatic nitrogens is 3. The summed E-state index contributed by atoms with van der Waals surface area (Å²) in [4.78, 5) is 20.1. The van der Waals surface area contributed by atoms with Crippen LogP contribution in [0, 0.1) is 0 Å². The van der Waals surface area contributed by atoms with Gasteiger partial charge in [-0.1, -0.05) is 42.1 Å². The molecule has 0 saturated heterocycles. The van der Waals surface area contributed by atoms with E-state index in [0.717, 1.165) is 11.1 Å². The van der Waals surface area contributed by atoms with Crippen LogP contribution in [0.5, 0.6) is 0 Å². The lowest BCUT2D eigenvalue weighted by Crippen LogP contribution is -2.28. The molecule has 6 nitrogen and oxygen atoms in total. The maximum absolute atomic E-state index is 11.7. The van der Waals surface area contributed by atoms with Crippen molar-refractivity contribution in [2.45, 2.75) is 12.5 Å². The molecule has 3 aromatic rings. The molecule has 120 valence electrons. The number of nitrogens with zero attached hydrogens (tertiary/aromatic N) is 3. The van der Waals surface area contributed by atoms with E-state index in [4.69, 9.17) is 4.52 Å². The highest BCUT2D eigenvalue weighted by molar-refractivity contribution is 5.87. The van der Waals surface area contributed by atoms with E-state index < -0.39 is 6.04 Å². The summed E-state index contributed by atoms with van der Waals surface area (Å²) in [5, 5.41) is 6.82. The van der Waals surface area contributed by atoms with Crippen molar-refractivity contribution in [3.05, 3.63) is 79.0 Å². The van der Waals surface area contributed by atoms with Crippen LogP contribution in [-0.2, 0) is 11.2 Å². The van der Waals surface area contributed by atoms with Gasteiger partial charge in [0.1, 0.15) is 6.04 Å². The van der Waals surface area contributed by atoms with Crippen LogP contribution in [-0.4, -0.2) is 21.0 Å². The number of nitrogens with one attached hydrogen (secondary N) is 1. The number of rotatable bonds is 6. The zero-order chi connectivity index (χ0) is 16.8. The highest BCUT2D eigenvalue weighted by Gasteiger charge is 2.21. The molecule has 3 rings (SSSR count). The Kier molecular flexibility index (Phi) is 4.76. The molecule has 0 bridgehead atoms. The first-order chi connectivity index (χ1) is 11.8. The topological polar surface area (TPSA) is 80.9 Å². The van der Waals surface area contributed by atoms with Crippen LogP contribution in [0.15, 0.2) is 72.0 Å². The lowest BCUT2D eigenvalue weighted by Gasteiger charge is -2.13. The fourth-order valence-electron chi connectivity index (χ4n) is 2.28. The number of carbonyl (C=O) groups is 1. The van der Waals surface area contributed by atoms with Crippen LogP contribution in [0.1, 0.15) is 17.5 Å². The lowest BCUT2D eigenvalue weighted by molar-refractivity contribution is -0.117. The summed E-state index contributed by atoms with van der Waals surface area (Å²) >= 11 is 0. The zero-order valence-corrected chi connectivity index (χ0v) is 12.9. The Morgan fingerprint density at radius 2 is 1.96 bits per heavy atom. The first-order valence-corrected chi connectivity index (χ1v) is 7.47. The standard InChI is InChI=1S/C18H16N4O2/c1-2-16(23)20-15(12-13-6-4-3-5-7-13)18-21-17(22-24-18)14-8-10-19-11-9-14/h2-11,15H,1,12H2,(H,20,23). The minimum Gasteiger partial charge on any atom is -0.340 e. The maximum Gasteiger partial charge on any atom is 0.249 e. The smallest absolute Gasteiger partial charge is 0.249 e. The summed E-state index contributed by atoms with van der Waals surface area (Å²) < 4.78 is 5.37. The van der Waals surface area contributed by atoms with E-state index in [1.807, 2.05) is 30.3 Å². The van der Waals surface area contributed by atoms with Gasteiger partial charge in [0.05, 0.1) is 0 Å². The van der Waals surface area contributed by atoms with Gasteiger partial charge in [0.15, 0.2) is 0 Å². The van der Waals surface area contributed by atoms with Gasteiger partial charge in [0, 0.05) is 24.4 Å². The first kappa shape index (κ1) is 15.6. The molecular weight excluding hydrogens is 304 g/mol. The third-order valence-electron chi connectivity index (χ3n) is 3.46. The number of pyridine rings is 1. The molecule has 0 saturated carbocycles. The van der Waals surface area contributed by atoms with Crippen LogP contribution in [0.3, 0.4) is 0 Å². The second-order valence-corrected chi connectivity index (χ2v) is 5.15. The van der Waals surface area contributed by atoms with E-state index in [9.17, 15) is 4.79 Å². The van der Waals surface area contributed by atoms with Crippen molar-refractivity contribution in [2.24, 2.45) is 0 Å². The molecule has 0 spiro atoms. The Balaban J connectivity index is 1.86. The molecular formula is C18H16N4O2. The van der Waals surface area contributed by atoms with Crippen molar-refractivity contribution >= 4 is 5.91 Å². The highest BCUT2D eigenvalue weighted by atomic mass is 16.5. The average Bonchev–Trinajstić information content (AvgIpc) is 3.13. The van der Waals surface area contributed by atoms with Gasteiger partial charge in [-0.2, -0.15) is 4.98 Å². The Morgan fingerprint density at radius 3 is 2.67 bits per heavy atom.